The minimum absolute atomic E-state index is 0.329. The lowest BCUT2D eigenvalue weighted by Crippen LogP contribution is -2.43. The van der Waals surface area contributed by atoms with Crippen LogP contribution < -0.4 is 10.6 Å². The van der Waals surface area contributed by atoms with Crippen molar-refractivity contribution in [3.05, 3.63) is 41.3 Å². The van der Waals surface area contributed by atoms with Gasteiger partial charge < -0.3 is 15.4 Å². The summed E-state index contributed by atoms with van der Waals surface area (Å²) >= 11 is 0. The zero-order valence-electron chi connectivity index (χ0n) is 18.9. The van der Waals surface area contributed by atoms with Crippen LogP contribution in [-0.4, -0.2) is 47.5 Å². The molecule has 7 heteroatoms. The molecule has 30 heavy (non-hydrogen) atoms. The van der Waals surface area contributed by atoms with Crippen molar-refractivity contribution in [1.82, 2.24) is 25.4 Å². The van der Waals surface area contributed by atoms with Crippen LogP contribution in [0.25, 0.3) is 5.82 Å². The van der Waals surface area contributed by atoms with E-state index in [2.05, 4.69) is 39.8 Å². The molecule has 1 aliphatic carbocycles. The summed E-state index contributed by atoms with van der Waals surface area (Å²) in [7, 11) is 1.79. The quantitative estimate of drug-likeness (QED) is 0.487. The molecule has 3 rings (SSSR count). The predicted molar refractivity (Wildman–Crippen MR) is 121 cm³/mol. The Balaban J connectivity index is 1.62. The lowest BCUT2D eigenvalue weighted by atomic mass is 9.83. The molecule has 0 spiro atoms. The molecule has 2 N–H and O–H groups in total. The average Bonchev–Trinajstić information content (AvgIpc) is 3.35. The lowest BCUT2D eigenvalue weighted by molar-refractivity contribution is 0.138. The van der Waals surface area contributed by atoms with Gasteiger partial charge in [-0.3, -0.25) is 0 Å². The first kappa shape index (κ1) is 22.3. The Labute approximate surface area is 180 Å². The summed E-state index contributed by atoms with van der Waals surface area (Å²) < 4.78 is 7.22. The van der Waals surface area contributed by atoms with E-state index in [9.17, 15) is 0 Å². The molecule has 0 unspecified atom stereocenters. The van der Waals surface area contributed by atoms with E-state index >= 15 is 0 Å². The molecule has 1 aliphatic rings. The number of hydrogen-bond donors (Lipinski definition) is 2. The van der Waals surface area contributed by atoms with Crippen molar-refractivity contribution in [1.29, 1.82) is 0 Å². The highest BCUT2D eigenvalue weighted by Crippen LogP contribution is 2.40. The molecule has 2 aromatic rings. The summed E-state index contributed by atoms with van der Waals surface area (Å²) in [5, 5.41) is 11.4. The van der Waals surface area contributed by atoms with Gasteiger partial charge in [0.15, 0.2) is 11.8 Å². The number of methoxy groups -OCH3 is 1. The number of rotatable bonds is 9. The van der Waals surface area contributed by atoms with E-state index in [4.69, 9.17) is 9.73 Å². The molecule has 0 atom stereocenters. The van der Waals surface area contributed by atoms with E-state index in [1.165, 1.54) is 25.7 Å². The van der Waals surface area contributed by atoms with E-state index in [1.54, 1.807) is 7.11 Å². The number of guanidine groups is 1. The predicted octanol–water partition coefficient (Wildman–Crippen LogP) is 3.54. The van der Waals surface area contributed by atoms with Crippen LogP contribution in [0.5, 0.6) is 0 Å². The fourth-order valence-corrected chi connectivity index (χ4v) is 4.24. The lowest BCUT2D eigenvalue weighted by Gasteiger charge is -2.30. The Morgan fingerprint density at radius 3 is 2.63 bits per heavy atom. The van der Waals surface area contributed by atoms with Gasteiger partial charge in [-0.05, 0) is 63.1 Å². The van der Waals surface area contributed by atoms with Crippen LogP contribution in [-0.2, 0) is 11.3 Å². The van der Waals surface area contributed by atoms with Gasteiger partial charge in [0.05, 0.1) is 12.2 Å². The second-order valence-electron chi connectivity index (χ2n) is 8.36. The number of nitrogens with one attached hydrogen (secondary N) is 2. The van der Waals surface area contributed by atoms with Crippen molar-refractivity contribution in [3.8, 4) is 5.82 Å². The highest BCUT2D eigenvalue weighted by atomic mass is 16.5. The van der Waals surface area contributed by atoms with Crippen molar-refractivity contribution in [2.75, 3.05) is 26.8 Å². The standard InChI is InChI=1S/C23H36N6O/c1-5-24-22(27-17-23(12-13-30-4)10-6-7-11-23)26-16-20-8-9-21(25-15-20)29-19(3)14-18(2)28-29/h8-9,14-15H,5-7,10-13,16-17H2,1-4H3,(H2,24,26,27). The van der Waals surface area contributed by atoms with Crippen molar-refractivity contribution in [2.24, 2.45) is 10.4 Å². The number of nitrogens with zero attached hydrogens (tertiary/aromatic N) is 4. The molecule has 0 saturated heterocycles. The van der Waals surface area contributed by atoms with Crippen LogP contribution in [0.3, 0.4) is 0 Å². The zero-order chi connectivity index (χ0) is 21.4. The molecule has 0 aromatic carbocycles. The number of ether oxygens (including phenoxy) is 1. The summed E-state index contributed by atoms with van der Waals surface area (Å²) in [5.41, 5.74) is 3.48. The van der Waals surface area contributed by atoms with Gasteiger partial charge in [-0.2, -0.15) is 5.10 Å². The molecular weight excluding hydrogens is 376 g/mol. The van der Waals surface area contributed by atoms with Gasteiger partial charge >= 0.3 is 0 Å². The molecule has 1 saturated carbocycles. The fraction of sp³-hybridized carbons (Fsp3) is 0.609. The molecule has 164 valence electrons. The molecule has 7 nitrogen and oxygen atoms in total. The maximum absolute atomic E-state index is 5.35. The molecular formula is C23H36N6O. The molecule has 0 radical (unpaired) electrons. The number of hydrogen-bond acceptors (Lipinski definition) is 4. The van der Waals surface area contributed by atoms with Gasteiger partial charge in [-0.15, -0.1) is 0 Å². The van der Waals surface area contributed by atoms with Crippen molar-refractivity contribution >= 4 is 5.96 Å². The van der Waals surface area contributed by atoms with Gasteiger partial charge in [0.2, 0.25) is 0 Å². The molecule has 2 heterocycles. The normalized spacial score (nSPS) is 16.1. The minimum Gasteiger partial charge on any atom is -0.385 e. The highest BCUT2D eigenvalue weighted by Gasteiger charge is 2.33. The Morgan fingerprint density at radius 2 is 2.03 bits per heavy atom. The third kappa shape index (κ3) is 5.81. The Hall–Kier alpha value is -2.41. The molecule has 0 bridgehead atoms. The van der Waals surface area contributed by atoms with Gasteiger partial charge in [0.25, 0.3) is 0 Å². The van der Waals surface area contributed by atoms with Crippen LogP contribution in [0.2, 0.25) is 0 Å². The third-order valence-corrected chi connectivity index (χ3v) is 5.93. The SMILES string of the molecule is CCNC(=NCc1ccc(-n2nc(C)cc2C)nc1)NCC1(CCOC)CCCC1. The molecule has 2 aromatic heterocycles. The summed E-state index contributed by atoms with van der Waals surface area (Å²) in [6.07, 6.45) is 8.14. The molecule has 0 amide bonds. The van der Waals surface area contributed by atoms with E-state index in [-0.39, 0.29) is 0 Å². The van der Waals surface area contributed by atoms with Crippen LogP contribution in [0.15, 0.2) is 29.4 Å². The first-order chi connectivity index (χ1) is 14.5. The van der Waals surface area contributed by atoms with Gasteiger partial charge in [-0.1, -0.05) is 18.9 Å². The smallest absolute Gasteiger partial charge is 0.191 e. The zero-order valence-corrected chi connectivity index (χ0v) is 18.9. The van der Waals surface area contributed by atoms with Crippen molar-refractivity contribution in [3.63, 3.8) is 0 Å². The number of aliphatic imine (C=N–C) groups is 1. The second-order valence-corrected chi connectivity index (χ2v) is 8.36. The maximum Gasteiger partial charge on any atom is 0.191 e. The monoisotopic (exact) mass is 412 g/mol. The number of pyridine rings is 1. The summed E-state index contributed by atoms with van der Waals surface area (Å²) in [6.45, 7) is 9.32. The topological polar surface area (TPSA) is 76.4 Å². The van der Waals surface area contributed by atoms with E-state index in [1.807, 2.05) is 30.8 Å². The van der Waals surface area contributed by atoms with Gasteiger partial charge in [0.1, 0.15) is 0 Å². The molecule has 0 aliphatic heterocycles. The van der Waals surface area contributed by atoms with Crippen LogP contribution in [0.1, 0.15) is 56.0 Å². The Bertz CT molecular complexity index is 821. The highest BCUT2D eigenvalue weighted by molar-refractivity contribution is 5.79. The van der Waals surface area contributed by atoms with Gasteiger partial charge in [-0.25, -0.2) is 14.7 Å². The minimum atomic E-state index is 0.329. The van der Waals surface area contributed by atoms with Crippen LogP contribution >= 0.6 is 0 Å². The first-order valence-corrected chi connectivity index (χ1v) is 11.0. The van der Waals surface area contributed by atoms with E-state index in [0.717, 1.165) is 54.8 Å². The summed E-state index contributed by atoms with van der Waals surface area (Å²) in [5.74, 6) is 1.70. The summed E-state index contributed by atoms with van der Waals surface area (Å²) in [6, 6.07) is 6.13. The largest absolute Gasteiger partial charge is 0.385 e. The third-order valence-electron chi connectivity index (χ3n) is 5.93. The second kappa shape index (κ2) is 10.6. The van der Waals surface area contributed by atoms with E-state index in [0.29, 0.717) is 12.0 Å². The van der Waals surface area contributed by atoms with Gasteiger partial charge in [0, 0.05) is 38.7 Å². The fourth-order valence-electron chi connectivity index (χ4n) is 4.24. The maximum atomic E-state index is 5.35. The molecule has 1 fully saturated rings. The average molecular weight is 413 g/mol. The van der Waals surface area contributed by atoms with E-state index < -0.39 is 0 Å². The number of aryl methyl sites for hydroxylation is 2. The van der Waals surface area contributed by atoms with Crippen molar-refractivity contribution < 1.29 is 4.74 Å². The summed E-state index contributed by atoms with van der Waals surface area (Å²) in [4.78, 5) is 9.36. The Kier molecular flexibility index (Phi) is 7.85. The first-order valence-electron chi connectivity index (χ1n) is 11.0. The van der Waals surface area contributed by atoms with Crippen LogP contribution in [0.4, 0.5) is 0 Å². The Morgan fingerprint density at radius 1 is 1.23 bits per heavy atom. The number of aromatic nitrogens is 3. The van der Waals surface area contributed by atoms with Crippen LogP contribution in [0, 0.1) is 19.3 Å². The van der Waals surface area contributed by atoms with Crippen molar-refractivity contribution in [2.45, 2.75) is 59.4 Å².